The normalized spacial score (nSPS) is 22.1. The van der Waals surface area contributed by atoms with Gasteiger partial charge in [0.1, 0.15) is 0 Å². The van der Waals surface area contributed by atoms with Gasteiger partial charge in [0, 0.05) is 18.9 Å². The standard InChI is InChI=1S/C17H27N5O/c1-14(16(23)20-17-18-7-4-8-19-17)22-11-5-15(6-12-22)13-21-9-2-3-10-21/h4,7-8,14-15H,2-3,5-6,9-13H2,1H3,(H,18,19,20,23). The monoisotopic (exact) mass is 317 g/mol. The van der Waals surface area contributed by atoms with Crippen LogP contribution in [-0.2, 0) is 4.79 Å². The molecule has 2 fully saturated rings. The molecule has 2 aliphatic rings. The molecule has 0 bridgehead atoms. The van der Waals surface area contributed by atoms with Gasteiger partial charge in [-0.2, -0.15) is 0 Å². The van der Waals surface area contributed by atoms with Crippen LogP contribution in [0.2, 0.25) is 0 Å². The van der Waals surface area contributed by atoms with Gasteiger partial charge in [0.05, 0.1) is 6.04 Å². The molecular weight excluding hydrogens is 290 g/mol. The number of carbonyl (C=O) groups is 1. The van der Waals surface area contributed by atoms with Gasteiger partial charge in [-0.25, -0.2) is 9.97 Å². The molecule has 1 unspecified atom stereocenters. The molecule has 126 valence electrons. The number of piperidine rings is 1. The van der Waals surface area contributed by atoms with Crippen LogP contribution in [0, 0.1) is 5.92 Å². The fourth-order valence-electron chi connectivity index (χ4n) is 3.60. The number of hydrogen-bond donors (Lipinski definition) is 1. The number of aromatic nitrogens is 2. The fraction of sp³-hybridized carbons (Fsp3) is 0.706. The molecule has 1 N–H and O–H groups in total. The van der Waals surface area contributed by atoms with Crippen molar-refractivity contribution < 1.29 is 4.79 Å². The minimum atomic E-state index is -0.133. The van der Waals surface area contributed by atoms with Gasteiger partial charge < -0.3 is 4.90 Å². The molecule has 1 amide bonds. The van der Waals surface area contributed by atoms with Crippen LogP contribution in [0.5, 0.6) is 0 Å². The average molecular weight is 317 g/mol. The molecule has 6 heteroatoms. The van der Waals surface area contributed by atoms with Crippen LogP contribution in [0.25, 0.3) is 0 Å². The summed E-state index contributed by atoms with van der Waals surface area (Å²) in [4.78, 5) is 25.3. The zero-order valence-electron chi connectivity index (χ0n) is 13.9. The van der Waals surface area contributed by atoms with Crippen LogP contribution in [0.3, 0.4) is 0 Å². The molecule has 1 atom stereocenters. The van der Waals surface area contributed by atoms with Crippen LogP contribution >= 0.6 is 0 Å². The van der Waals surface area contributed by atoms with Gasteiger partial charge in [0.15, 0.2) is 0 Å². The number of likely N-dealkylation sites (tertiary alicyclic amines) is 2. The van der Waals surface area contributed by atoms with E-state index in [1.165, 1.54) is 45.3 Å². The van der Waals surface area contributed by atoms with E-state index in [-0.39, 0.29) is 11.9 Å². The van der Waals surface area contributed by atoms with E-state index in [2.05, 4.69) is 25.1 Å². The lowest BCUT2D eigenvalue weighted by Crippen LogP contribution is -2.47. The summed E-state index contributed by atoms with van der Waals surface area (Å²) in [5, 5.41) is 2.80. The summed E-state index contributed by atoms with van der Waals surface area (Å²) in [6.07, 6.45) is 8.37. The van der Waals surface area contributed by atoms with Crippen molar-refractivity contribution in [1.29, 1.82) is 0 Å². The van der Waals surface area contributed by atoms with Gasteiger partial charge in [0.25, 0.3) is 0 Å². The lowest BCUT2D eigenvalue weighted by molar-refractivity contribution is -0.121. The van der Waals surface area contributed by atoms with Crippen molar-refractivity contribution in [2.24, 2.45) is 5.92 Å². The van der Waals surface area contributed by atoms with Crippen LogP contribution in [0.4, 0.5) is 5.95 Å². The Bertz CT molecular complexity index is 495. The highest BCUT2D eigenvalue weighted by Gasteiger charge is 2.28. The third-order valence-electron chi connectivity index (χ3n) is 5.09. The van der Waals surface area contributed by atoms with Gasteiger partial charge in [0.2, 0.25) is 11.9 Å². The third-order valence-corrected chi connectivity index (χ3v) is 5.09. The molecule has 1 aromatic rings. The summed E-state index contributed by atoms with van der Waals surface area (Å²) in [7, 11) is 0. The minimum absolute atomic E-state index is 0.0193. The zero-order chi connectivity index (χ0) is 16.1. The van der Waals surface area contributed by atoms with E-state index in [4.69, 9.17) is 0 Å². The van der Waals surface area contributed by atoms with E-state index in [0.29, 0.717) is 5.95 Å². The first-order chi connectivity index (χ1) is 11.2. The second-order valence-electron chi connectivity index (χ2n) is 6.72. The highest BCUT2D eigenvalue weighted by Crippen LogP contribution is 2.22. The Labute approximate surface area is 138 Å². The second kappa shape index (κ2) is 7.84. The highest BCUT2D eigenvalue weighted by molar-refractivity contribution is 5.93. The Kier molecular flexibility index (Phi) is 5.56. The van der Waals surface area contributed by atoms with Gasteiger partial charge in [-0.1, -0.05) is 0 Å². The number of amides is 1. The smallest absolute Gasteiger partial charge is 0.243 e. The number of nitrogens with one attached hydrogen (secondary N) is 1. The first-order valence-electron chi connectivity index (χ1n) is 8.76. The Hall–Kier alpha value is -1.53. The van der Waals surface area contributed by atoms with Crippen LogP contribution in [-0.4, -0.2) is 64.4 Å². The Morgan fingerprint density at radius 2 is 1.87 bits per heavy atom. The van der Waals surface area contributed by atoms with Crippen LogP contribution in [0.1, 0.15) is 32.6 Å². The lowest BCUT2D eigenvalue weighted by Gasteiger charge is -2.36. The summed E-state index contributed by atoms with van der Waals surface area (Å²) < 4.78 is 0. The van der Waals surface area contributed by atoms with Crippen molar-refractivity contribution in [2.75, 3.05) is 38.0 Å². The Morgan fingerprint density at radius 1 is 1.22 bits per heavy atom. The zero-order valence-corrected chi connectivity index (χ0v) is 13.9. The molecule has 0 radical (unpaired) electrons. The lowest BCUT2D eigenvalue weighted by atomic mass is 9.95. The van der Waals surface area contributed by atoms with Gasteiger partial charge >= 0.3 is 0 Å². The molecule has 23 heavy (non-hydrogen) atoms. The van der Waals surface area contributed by atoms with Gasteiger partial charge in [-0.15, -0.1) is 0 Å². The van der Waals surface area contributed by atoms with Gasteiger partial charge in [-0.05, 0) is 70.8 Å². The molecular formula is C17H27N5O. The largest absolute Gasteiger partial charge is 0.303 e. The number of rotatable bonds is 5. The van der Waals surface area contributed by atoms with Crippen LogP contribution in [0.15, 0.2) is 18.5 Å². The van der Waals surface area contributed by atoms with E-state index in [0.717, 1.165) is 19.0 Å². The van der Waals surface area contributed by atoms with Crippen molar-refractivity contribution in [3.8, 4) is 0 Å². The fourth-order valence-corrected chi connectivity index (χ4v) is 3.60. The van der Waals surface area contributed by atoms with Gasteiger partial charge in [-0.3, -0.25) is 15.0 Å². The predicted octanol–water partition coefficient (Wildman–Crippen LogP) is 1.61. The number of carbonyl (C=O) groups excluding carboxylic acids is 1. The maximum Gasteiger partial charge on any atom is 0.243 e. The first kappa shape index (κ1) is 16.3. The topological polar surface area (TPSA) is 61.4 Å². The van der Waals surface area contributed by atoms with E-state index < -0.39 is 0 Å². The third kappa shape index (κ3) is 4.48. The maximum absolute atomic E-state index is 12.3. The SMILES string of the molecule is CC(C(=O)Nc1ncccn1)N1CCC(CN2CCCC2)CC1. The van der Waals surface area contributed by atoms with Crippen molar-refractivity contribution in [1.82, 2.24) is 19.8 Å². The average Bonchev–Trinajstić information content (AvgIpc) is 3.09. The quantitative estimate of drug-likeness (QED) is 0.894. The van der Waals surface area contributed by atoms with E-state index in [1.807, 2.05) is 6.92 Å². The molecule has 0 spiro atoms. The molecule has 3 rings (SSSR count). The summed E-state index contributed by atoms with van der Waals surface area (Å²) in [6, 6.07) is 1.61. The molecule has 0 aliphatic carbocycles. The number of anilines is 1. The minimum Gasteiger partial charge on any atom is -0.303 e. The predicted molar refractivity (Wildman–Crippen MR) is 90.1 cm³/mol. The molecule has 0 aromatic carbocycles. The molecule has 2 saturated heterocycles. The molecule has 1 aromatic heterocycles. The van der Waals surface area contributed by atoms with Crippen LogP contribution < -0.4 is 5.32 Å². The first-order valence-corrected chi connectivity index (χ1v) is 8.76. The van der Waals surface area contributed by atoms with E-state index >= 15 is 0 Å². The molecule has 6 nitrogen and oxygen atoms in total. The van der Waals surface area contributed by atoms with Crippen molar-refractivity contribution in [2.45, 2.75) is 38.6 Å². The summed E-state index contributed by atoms with van der Waals surface area (Å²) in [5.74, 6) is 1.15. The second-order valence-corrected chi connectivity index (χ2v) is 6.72. The number of hydrogen-bond acceptors (Lipinski definition) is 5. The van der Waals surface area contributed by atoms with Crippen molar-refractivity contribution in [3.05, 3.63) is 18.5 Å². The van der Waals surface area contributed by atoms with E-state index in [9.17, 15) is 4.79 Å². The van der Waals surface area contributed by atoms with Crippen molar-refractivity contribution in [3.63, 3.8) is 0 Å². The highest BCUT2D eigenvalue weighted by atomic mass is 16.2. The Balaban J connectivity index is 1.44. The molecule has 3 heterocycles. The molecule has 2 aliphatic heterocycles. The van der Waals surface area contributed by atoms with E-state index in [1.54, 1.807) is 18.5 Å². The maximum atomic E-state index is 12.3. The molecule has 0 saturated carbocycles. The number of nitrogens with zero attached hydrogens (tertiary/aromatic N) is 4. The van der Waals surface area contributed by atoms with Crippen molar-refractivity contribution >= 4 is 11.9 Å². The summed E-state index contributed by atoms with van der Waals surface area (Å²) in [6.45, 7) is 7.77. The Morgan fingerprint density at radius 3 is 2.52 bits per heavy atom. The summed E-state index contributed by atoms with van der Waals surface area (Å²) in [5.41, 5.74) is 0. The summed E-state index contributed by atoms with van der Waals surface area (Å²) >= 11 is 0.